The van der Waals surface area contributed by atoms with Gasteiger partial charge in [-0.2, -0.15) is 0 Å². The highest BCUT2D eigenvalue weighted by molar-refractivity contribution is 5.56. The number of hydrogen-bond donors (Lipinski definition) is 29. The summed E-state index contributed by atoms with van der Waals surface area (Å²) < 4.78 is 46.5. The minimum Gasteiger partial charge on any atom is -0.394 e. The standard InChI is InChI=1S/C18H32O16.C12H22O11.2C6H12O6/c19-1-5-8(22)11(25)13(27)16(31-5)30-3-7-9(23)12(26)14(28)17(32-7)34-18(4-21)15(29)10(24)6(2-20)33-18;13-1-4-6(16)8(18)9(19)11(21-4)23-12(3-15)10(20)7(17)5(2-14)22-12;7-1-3-4(9)5(10)6(11,2-8)12-3;7-1-3(9)5(11)6(12)4(10)2-8/h5-17,19-29H,1-4H2;4-11,13-20H,1-3H2;3-5,7-11H,1-2H2;1,3-6,8-12H,2H2/t5-,6-,7-,8+,9-,10-,11+,12+,13-,14-,15+,16+,17-,18+;4-,5-,6-,7-,8+,9-,10+,11-,12+;3-,4-,5+,6-;3-,4+,5+,6+/m1110/s1. The van der Waals surface area contributed by atoms with Crippen LogP contribution in [0.25, 0.3) is 0 Å². The molecule has 0 amide bonds. The fraction of sp³-hybridized carbons (Fsp3) is 0.976. The van der Waals surface area contributed by atoms with Crippen molar-refractivity contribution in [1.82, 2.24) is 0 Å². The van der Waals surface area contributed by atoms with Crippen LogP contribution < -0.4 is 0 Å². The van der Waals surface area contributed by atoms with Gasteiger partial charge in [0.15, 0.2) is 25.2 Å². The molecule has 81 heavy (non-hydrogen) atoms. The van der Waals surface area contributed by atoms with Gasteiger partial charge in [-0.05, 0) is 0 Å². The molecule has 0 aromatic carbocycles. The lowest BCUT2D eigenvalue weighted by atomic mass is 9.98. The second-order valence-electron chi connectivity index (χ2n) is 19.1. The van der Waals surface area contributed by atoms with Gasteiger partial charge in [0, 0.05) is 0 Å². The molecule has 0 unspecified atom stereocenters. The zero-order chi connectivity index (χ0) is 61.8. The van der Waals surface area contributed by atoms with Crippen LogP contribution in [0.1, 0.15) is 0 Å². The van der Waals surface area contributed by atoms with Gasteiger partial charge in [-0.3, -0.25) is 0 Å². The Kier molecular flexibility index (Phi) is 29.2. The van der Waals surface area contributed by atoms with Gasteiger partial charge in [-0.15, -0.1) is 0 Å². The number of carbonyl (C=O) groups excluding carboxylic acids is 1. The monoisotopic (exact) mass is 1210 g/mol. The summed E-state index contributed by atoms with van der Waals surface area (Å²) in [6.45, 7) is -7.58. The highest BCUT2D eigenvalue weighted by Gasteiger charge is 2.60. The number of rotatable bonds is 20. The van der Waals surface area contributed by atoms with Crippen molar-refractivity contribution >= 4 is 6.29 Å². The van der Waals surface area contributed by atoms with E-state index in [9.17, 15) is 96.7 Å². The smallest absolute Gasteiger partial charge is 0.224 e. The summed E-state index contributed by atoms with van der Waals surface area (Å²) in [4.78, 5) is 9.90. The van der Waals surface area contributed by atoms with Gasteiger partial charge in [0.1, 0.15) is 166 Å². The van der Waals surface area contributed by atoms with E-state index in [-0.39, 0.29) is 6.29 Å². The Bertz CT molecular complexity index is 1800. The van der Waals surface area contributed by atoms with E-state index in [1.54, 1.807) is 0 Å². The Morgan fingerprint density at radius 2 is 0.741 bits per heavy atom. The summed E-state index contributed by atoms with van der Waals surface area (Å²) in [6, 6.07) is 0. The number of ether oxygens (including phenoxy) is 9. The van der Waals surface area contributed by atoms with Crippen LogP contribution in [0.4, 0.5) is 0 Å². The number of aldehydes is 1. The molecule has 480 valence electrons. The van der Waals surface area contributed by atoms with Gasteiger partial charge in [-0.1, -0.05) is 0 Å². The molecule has 0 aliphatic carbocycles. The van der Waals surface area contributed by atoms with E-state index in [0.29, 0.717) is 0 Å². The Labute approximate surface area is 456 Å². The zero-order valence-electron chi connectivity index (χ0n) is 42.4. The van der Waals surface area contributed by atoms with Gasteiger partial charge in [0.2, 0.25) is 17.4 Å². The average Bonchev–Trinajstić information content (AvgIpc) is 4.24. The van der Waals surface area contributed by atoms with Crippen LogP contribution in [-0.4, -0.2) is 409 Å². The van der Waals surface area contributed by atoms with Gasteiger partial charge < -0.3 is 196 Å². The zero-order valence-corrected chi connectivity index (χ0v) is 42.4. The molecule has 39 nitrogen and oxygen atoms in total. The second kappa shape index (κ2) is 32.2. The van der Waals surface area contributed by atoms with Crippen molar-refractivity contribution in [2.45, 2.75) is 189 Å². The molecule has 39 heteroatoms. The summed E-state index contributed by atoms with van der Waals surface area (Å²) in [5.74, 6) is -6.74. The Balaban J connectivity index is 0.000000314. The molecule has 0 aromatic heterocycles. The first-order valence-corrected chi connectivity index (χ1v) is 24.5. The molecule has 0 saturated carbocycles. The molecule has 6 heterocycles. The summed E-state index contributed by atoms with van der Waals surface area (Å²) in [5.41, 5.74) is 0. The highest BCUT2D eigenvalue weighted by atomic mass is 16.8. The third-order valence-electron chi connectivity index (χ3n) is 13.6. The van der Waals surface area contributed by atoms with Crippen molar-refractivity contribution in [1.29, 1.82) is 0 Å². The summed E-state index contributed by atoms with van der Waals surface area (Å²) in [7, 11) is 0. The quantitative estimate of drug-likeness (QED) is 0.0503. The SMILES string of the molecule is O=C[C@H](O)[C@@H](O)[C@H](O)[C@H](O)CO.OC[C@H]1O[C@@](CO)(O[C@H]2O[C@H](CO)[C@@H](O)[C@H](O)[C@H]2O)[C@@H](O)[C@@H]1O.OC[C@H]1O[C@H](OC[C@H]2O[C@H](O[C@]3(CO)O[C@H](CO)[C@@H](O)[C@@H]3O)[C@H](O)[C@@H](O)[C@@H]2O)[C@H](O)[C@@H](O)[C@H]1O.OC[C@H]1O[C@](O)(CO)[C@@H](O)[C@@H]1O. The van der Waals surface area contributed by atoms with Crippen molar-refractivity contribution in [3.63, 3.8) is 0 Å². The fourth-order valence-electron chi connectivity index (χ4n) is 8.41. The molecular weight excluding hydrogens is 1130 g/mol. The predicted molar refractivity (Wildman–Crippen MR) is 243 cm³/mol. The topological polar surface area (TPSA) is 687 Å². The van der Waals surface area contributed by atoms with Crippen molar-refractivity contribution in [2.75, 3.05) is 66.1 Å². The lowest BCUT2D eigenvalue weighted by Crippen LogP contribution is -2.63. The van der Waals surface area contributed by atoms with Crippen molar-refractivity contribution in [3.05, 3.63) is 0 Å². The Hall–Kier alpha value is -1.85. The molecule has 0 spiro atoms. The number of aliphatic hydroxyl groups is 29. The van der Waals surface area contributed by atoms with Gasteiger partial charge in [-0.25, -0.2) is 0 Å². The molecule has 0 aromatic rings. The Morgan fingerprint density at radius 3 is 1.06 bits per heavy atom. The van der Waals surface area contributed by atoms with E-state index in [1.165, 1.54) is 0 Å². The van der Waals surface area contributed by atoms with Crippen LogP contribution in [0, 0.1) is 0 Å². The van der Waals surface area contributed by atoms with E-state index in [2.05, 4.69) is 4.74 Å². The average molecular weight is 1210 g/mol. The third-order valence-corrected chi connectivity index (χ3v) is 13.6. The van der Waals surface area contributed by atoms with Gasteiger partial charge in [0.25, 0.3) is 0 Å². The van der Waals surface area contributed by atoms with Crippen molar-refractivity contribution in [3.8, 4) is 0 Å². The third kappa shape index (κ3) is 16.6. The second-order valence-corrected chi connectivity index (χ2v) is 19.1. The van der Waals surface area contributed by atoms with Crippen LogP contribution in [0.15, 0.2) is 0 Å². The maximum atomic E-state index is 10.3. The molecular formula is C42H78O39. The molecule has 0 radical (unpaired) electrons. The minimum atomic E-state index is -2.36. The molecule has 6 saturated heterocycles. The summed E-state index contributed by atoms with van der Waals surface area (Å²) in [5, 5.41) is 274. The lowest BCUT2D eigenvalue weighted by molar-refractivity contribution is -0.388. The Morgan fingerprint density at radius 1 is 0.395 bits per heavy atom. The normalized spacial score (nSPS) is 46.7. The summed E-state index contributed by atoms with van der Waals surface area (Å²) >= 11 is 0. The van der Waals surface area contributed by atoms with E-state index in [4.69, 9.17) is 94.1 Å². The molecule has 6 aliphatic rings. The summed E-state index contributed by atoms with van der Waals surface area (Å²) in [6.07, 6.45) is -45.3. The maximum Gasteiger partial charge on any atom is 0.224 e. The fourth-order valence-corrected chi connectivity index (χ4v) is 8.41. The van der Waals surface area contributed by atoms with Crippen molar-refractivity contribution < 1.29 is 196 Å². The maximum absolute atomic E-state index is 10.3. The molecule has 6 aliphatic heterocycles. The van der Waals surface area contributed by atoms with Gasteiger partial charge in [0.05, 0.1) is 52.9 Å². The van der Waals surface area contributed by atoms with E-state index in [0.717, 1.165) is 0 Å². The van der Waals surface area contributed by atoms with Crippen molar-refractivity contribution in [2.24, 2.45) is 0 Å². The van der Waals surface area contributed by atoms with E-state index < -0.39 is 255 Å². The van der Waals surface area contributed by atoms with Gasteiger partial charge >= 0.3 is 0 Å². The first-order valence-electron chi connectivity index (χ1n) is 24.5. The molecule has 6 rings (SSSR count). The molecule has 29 N–H and O–H groups in total. The largest absolute Gasteiger partial charge is 0.394 e. The van der Waals surface area contributed by atoms with Crippen LogP contribution in [0.5, 0.6) is 0 Å². The minimum absolute atomic E-state index is 0.0258. The molecule has 0 bridgehead atoms. The number of aliphatic hydroxyl groups excluding tert-OH is 28. The first-order chi connectivity index (χ1) is 37.9. The number of carbonyl (C=O) groups is 1. The van der Waals surface area contributed by atoms with Crippen LogP contribution in [0.3, 0.4) is 0 Å². The van der Waals surface area contributed by atoms with Crippen LogP contribution in [0.2, 0.25) is 0 Å². The lowest BCUT2D eigenvalue weighted by Gasteiger charge is -2.44. The van der Waals surface area contributed by atoms with Crippen LogP contribution in [-0.2, 0) is 47.4 Å². The first kappa shape index (κ1) is 73.4. The molecule has 6 fully saturated rings. The number of hydrogen-bond acceptors (Lipinski definition) is 39. The predicted octanol–water partition coefficient (Wildman–Crippen LogP) is -19.6. The van der Waals surface area contributed by atoms with E-state index in [1.807, 2.05) is 0 Å². The van der Waals surface area contributed by atoms with Crippen LogP contribution >= 0.6 is 0 Å². The van der Waals surface area contributed by atoms with E-state index >= 15 is 0 Å². The highest BCUT2D eigenvalue weighted by Crippen LogP contribution is 2.38. The molecule has 31 atom stereocenters.